The van der Waals surface area contributed by atoms with Crippen LogP contribution >= 0.6 is 0 Å². The molecule has 0 fully saturated rings. The molecule has 0 aromatic heterocycles. The van der Waals surface area contributed by atoms with Gasteiger partial charge in [-0.05, 0) is 0 Å². The summed E-state index contributed by atoms with van der Waals surface area (Å²) in [7, 11) is -2.17. The second-order valence-corrected chi connectivity index (χ2v) is 0.346. The van der Waals surface area contributed by atoms with Gasteiger partial charge in [-0.1, -0.05) is 0 Å². The first-order chi connectivity index (χ1) is 2.73. The summed E-state index contributed by atoms with van der Waals surface area (Å²) in [6, 6.07) is 0. The van der Waals surface area contributed by atoms with Crippen molar-refractivity contribution in [3.05, 3.63) is 0 Å². The molecule has 0 aromatic carbocycles. The van der Waals surface area contributed by atoms with Crippen molar-refractivity contribution in [2.45, 2.75) is 0 Å². The molecule has 0 unspecified atom stereocenters. The summed E-state index contributed by atoms with van der Waals surface area (Å²) in [5, 5.41) is 21.5. The monoisotopic (exact) mass is 142 g/mol. The fourth-order valence-electron chi connectivity index (χ4n) is 0. The zero-order valence-electron chi connectivity index (χ0n) is 3.03. The molecule has 0 aliphatic rings. The van der Waals surface area contributed by atoms with Gasteiger partial charge in [-0.2, -0.15) is 0 Å². The Kier molecular flexibility index (Phi) is 14.5. The van der Waals surface area contributed by atoms with Gasteiger partial charge in [-0.3, -0.25) is 0 Å². The molecular formula is H3BO4Zn. The molecule has 0 atom stereocenters. The Labute approximate surface area is 44.9 Å². The Hall–Kier alpha value is 0.368. The van der Waals surface area contributed by atoms with Gasteiger partial charge in [0.05, 0.1) is 0 Å². The van der Waals surface area contributed by atoms with Crippen molar-refractivity contribution >= 4 is 7.32 Å². The van der Waals surface area contributed by atoms with Crippen LogP contribution in [0.15, 0.2) is 0 Å². The maximum absolute atomic E-state index is 8.38. The zero-order valence-corrected chi connectivity index (χ0v) is 6.00. The Balaban J connectivity index is 0. The number of rotatable bonds is 0. The van der Waals surface area contributed by atoms with Gasteiger partial charge in [-0.25, -0.2) is 0 Å². The van der Waals surface area contributed by atoms with Gasteiger partial charge in [0.25, 0.3) is 0 Å². The van der Waals surface area contributed by atoms with E-state index in [9.17, 15) is 0 Å². The van der Waals surface area contributed by atoms with Crippen LogP contribution in [0.25, 0.3) is 0 Å². The molecule has 0 saturated heterocycles. The molecule has 0 spiro atoms. The molecule has 6 heteroatoms. The van der Waals surface area contributed by atoms with E-state index >= 15 is 0 Å². The number of hydrogen-bond donors (Lipinski definition) is 3. The van der Waals surface area contributed by atoms with E-state index in [1.807, 2.05) is 0 Å². The van der Waals surface area contributed by atoms with Crippen molar-refractivity contribution in [1.29, 1.82) is 0 Å². The fourth-order valence-corrected chi connectivity index (χ4v) is 0. The van der Waals surface area contributed by atoms with Crippen LogP contribution in [0.3, 0.4) is 0 Å². The summed E-state index contributed by atoms with van der Waals surface area (Å²) in [5.74, 6) is 0. The third-order valence-electron chi connectivity index (χ3n) is 0. The molecule has 0 aromatic rings. The molecule has 0 aliphatic heterocycles. The van der Waals surface area contributed by atoms with E-state index in [4.69, 9.17) is 18.6 Å². The van der Waals surface area contributed by atoms with Gasteiger partial charge in [0.2, 0.25) is 0 Å². The summed E-state index contributed by atoms with van der Waals surface area (Å²) in [6.07, 6.45) is 0. The third-order valence-corrected chi connectivity index (χ3v) is 0. The van der Waals surface area contributed by atoms with Crippen molar-refractivity contribution in [2.24, 2.45) is 0 Å². The zero-order chi connectivity index (χ0) is 5.58. The quantitative estimate of drug-likeness (QED) is 0.337. The van der Waals surface area contributed by atoms with Crippen LogP contribution in [0.4, 0.5) is 0 Å². The first kappa shape index (κ1) is 9.62. The van der Waals surface area contributed by atoms with E-state index < -0.39 is 7.32 Å². The maximum atomic E-state index is 8.38. The molecule has 32 valence electrons. The van der Waals surface area contributed by atoms with Crippen molar-refractivity contribution < 1.29 is 36.9 Å². The van der Waals surface area contributed by atoms with Crippen LogP contribution in [0.1, 0.15) is 0 Å². The van der Waals surface area contributed by atoms with Crippen molar-refractivity contribution in [3.63, 3.8) is 0 Å². The molecule has 0 radical (unpaired) electrons. The van der Waals surface area contributed by atoms with Crippen LogP contribution in [0.2, 0.25) is 0 Å². The van der Waals surface area contributed by atoms with E-state index in [0.29, 0.717) is 0 Å². The molecule has 0 amide bonds. The summed E-state index contributed by atoms with van der Waals surface area (Å²) in [4.78, 5) is 0. The van der Waals surface area contributed by atoms with E-state index in [-0.39, 0.29) is 18.3 Å². The SMILES string of the molecule is OB(O)O.[O]=[Zn]. The molecule has 6 heavy (non-hydrogen) atoms. The van der Waals surface area contributed by atoms with Gasteiger partial charge in [-0.15, -0.1) is 0 Å². The minimum absolute atomic E-state index is 0.125. The summed E-state index contributed by atoms with van der Waals surface area (Å²) in [6.45, 7) is 0. The third kappa shape index (κ3) is 365. The van der Waals surface area contributed by atoms with E-state index in [0.717, 1.165) is 0 Å². The average Bonchev–Trinajstić information content (AvgIpc) is 1.41. The normalized spacial score (nSPS) is 5.50. The molecule has 3 N–H and O–H groups in total. The van der Waals surface area contributed by atoms with Crippen LogP contribution < -0.4 is 0 Å². The van der Waals surface area contributed by atoms with Gasteiger partial charge in [0, 0.05) is 0 Å². The molecule has 0 rings (SSSR count). The van der Waals surface area contributed by atoms with Crippen molar-refractivity contribution in [2.75, 3.05) is 0 Å². The topological polar surface area (TPSA) is 77.8 Å². The summed E-state index contributed by atoms with van der Waals surface area (Å²) >= 11 is 0.125. The summed E-state index contributed by atoms with van der Waals surface area (Å²) < 4.78 is 8.38. The standard InChI is InChI=1S/BH3O3.O.Zn/c2-1(3)4;;/h2-4H;;. The molecule has 0 heterocycles. The van der Waals surface area contributed by atoms with E-state index in [2.05, 4.69) is 0 Å². The van der Waals surface area contributed by atoms with E-state index in [1.54, 1.807) is 0 Å². The Morgan fingerprint density at radius 2 is 1.17 bits per heavy atom. The minimum atomic E-state index is -2.17. The van der Waals surface area contributed by atoms with Crippen LogP contribution in [-0.4, -0.2) is 22.4 Å². The second-order valence-electron chi connectivity index (χ2n) is 0.346. The van der Waals surface area contributed by atoms with Gasteiger partial charge in [0.15, 0.2) is 0 Å². The Morgan fingerprint density at radius 1 is 1.17 bits per heavy atom. The predicted molar refractivity (Wildman–Crippen MR) is 13.1 cm³/mol. The van der Waals surface area contributed by atoms with Crippen LogP contribution in [-0.2, 0) is 21.8 Å². The molecule has 4 nitrogen and oxygen atoms in total. The first-order valence-corrected chi connectivity index (χ1v) is 2.27. The van der Waals surface area contributed by atoms with Gasteiger partial charge >= 0.3 is 29.1 Å². The Bertz CT molecular complexity index is 18.8. The Morgan fingerprint density at radius 3 is 1.17 bits per heavy atom. The first-order valence-electron chi connectivity index (χ1n) is 1.06. The second kappa shape index (κ2) is 9.03. The fraction of sp³-hybridized carbons (Fsp3) is 0. The van der Waals surface area contributed by atoms with Crippen molar-refractivity contribution in [1.82, 2.24) is 0 Å². The average molecular weight is 143 g/mol. The molecular weight excluding hydrogens is 140 g/mol. The molecule has 0 saturated carbocycles. The summed E-state index contributed by atoms with van der Waals surface area (Å²) in [5.41, 5.74) is 0. The molecule has 0 aliphatic carbocycles. The van der Waals surface area contributed by atoms with Crippen LogP contribution in [0.5, 0.6) is 0 Å². The van der Waals surface area contributed by atoms with E-state index in [1.165, 1.54) is 0 Å². The van der Waals surface area contributed by atoms with Gasteiger partial charge < -0.3 is 15.1 Å². The van der Waals surface area contributed by atoms with Gasteiger partial charge in [0.1, 0.15) is 0 Å². The predicted octanol–water partition coefficient (Wildman–Crippen LogP) is -2.17. The van der Waals surface area contributed by atoms with Crippen LogP contribution in [0, 0.1) is 0 Å². The van der Waals surface area contributed by atoms with Crippen molar-refractivity contribution in [3.8, 4) is 0 Å². The molecule has 0 bridgehead atoms. The number of hydrogen-bond acceptors (Lipinski definition) is 4.